The van der Waals surface area contributed by atoms with Gasteiger partial charge in [-0.05, 0) is 30.5 Å². The lowest BCUT2D eigenvalue weighted by Gasteiger charge is -2.13. The summed E-state index contributed by atoms with van der Waals surface area (Å²) in [7, 11) is 0. The van der Waals surface area contributed by atoms with Crippen LogP contribution in [0.1, 0.15) is 28.2 Å². The molecule has 1 aromatic carbocycles. The topological polar surface area (TPSA) is 81.4 Å². The van der Waals surface area contributed by atoms with E-state index in [1.165, 1.54) is 0 Å². The molecule has 1 atom stereocenters. The molecule has 0 bridgehead atoms. The summed E-state index contributed by atoms with van der Waals surface area (Å²) >= 11 is 1.58. The summed E-state index contributed by atoms with van der Waals surface area (Å²) in [5.41, 5.74) is 5.51. The lowest BCUT2D eigenvalue weighted by atomic mass is 10.2. The number of benzene rings is 1. The molecule has 1 aromatic heterocycles. The Morgan fingerprint density at radius 2 is 2.05 bits per heavy atom. The summed E-state index contributed by atoms with van der Waals surface area (Å²) in [5, 5.41) is 4.79. The van der Waals surface area contributed by atoms with Gasteiger partial charge in [-0.1, -0.05) is 18.2 Å². The Morgan fingerprint density at radius 3 is 2.71 bits per heavy atom. The Bertz CT molecular complexity index is 626. The number of nitrogens with one attached hydrogen (secondary N) is 1. The Morgan fingerprint density at radius 1 is 1.29 bits per heavy atom. The van der Waals surface area contributed by atoms with Crippen molar-refractivity contribution in [2.75, 3.05) is 6.61 Å². The molecular weight excluding hydrogens is 288 g/mol. The Hall–Kier alpha value is -2.34. The van der Waals surface area contributed by atoms with Gasteiger partial charge in [-0.15, -0.1) is 11.3 Å². The molecule has 21 heavy (non-hydrogen) atoms. The molecule has 3 N–H and O–H groups in total. The third-order valence-electron chi connectivity index (χ3n) is 2.86. The monoisotopic (exact) mass is 304 g/mol. The van der Waals surface area contributed by atoms with E-state index in [0.717, 1.165) is 4.88 Å². The molecule has 0 spiro atoms. The smallest absolute Gasteiger partial charge is 0.258 e. The van der Waals surface area contributed by atoms with E-state index in [-0.39, 0.29) is 24.1 Å². The molecule has 1 heterocycles. The van der Waals surface area contributed by atoms with Gasteiger partial charge < -0.3 is 15.8 Å². The highest BCUT2D eigenvalue weighted by Crippen LogP contribution is 2.19. The van der Waals surface area contributed by atoms with E-state index in [1.54, 1.807) is 35.6 Å². The van der Waals surface area contributed by atoms with Gasteiger partial charge in [0.05, 0.1) is 11.6 Å². The molecule has 6 heteroatoms. The van der Waals surface area contributed by atoms with Crippen LogP contribution in [0.4, 0.5) is 0 Å². The SMILES string of the molecule is C[C@H](NC(=O)COc1ccccc1C(N)=O)c1cccs1. The van der Waals surface area contributed by atoms with E-state index in [0.29, 0.717) is 5.75 Å². The Balaban J connectivity index is 1.91. The minimum atomic E-state index is -0.585. The molecule has 2 amide bonds. The first kappa shape index (κ1) is 15.1. The number of carbonyl (C=O) groups is 2. The van der Waals surface area contributed by atoms with Crippen molar-refractivity contribution in [2.24, 2.45) is 5.73 Å². The van der Waals surface area contributed by atoms with Crippen LogP contribution >= 0.6 is 11.3 Å². The van der Waals surface area contributed by atoms with Crippen molar-refractivity contribution in [3.05, 3.63) is 52.2 Å². The van der Waals surface area contributed by atoms with Crippen LogP contribution in [0.15, 0.2) is 41.8 Å². The fourth-order valence-electron chi connectivity index (χ4n) is 1.83. The quantitative estimate of drug-likeness (QED) is 0.857. The van der Waals surface area contributed by atoms with Crippen LogP contribution in [0.3, 0.4) is 0 Å². The Labute approximate surface area is 126 Å². The number of para-hydroxylation sites is 1. The summed E-state index contributed by atoms with van der Waals surface area (Å²) in [6, 6.07) is 10.4. The first-order valence-corrected chi connectivity index (χ1v) is 7.30. The van der Waals surface area contributed by atoms with E-state index in [2.05, 4.69) is 5.32 Å². The van der Waals surface area contributed by atoms with Crippen LogP contribution in [-0.4, -0.2) is 18.4 Å². The lowest BCUT2D eigenvalue weighted by molar-refractivity contribution is -0.123. The minimum absolute atomic E-state index is 0.0764. The Kier molecular flexibility index (Phi) is 4.94. The van der Waals surface area contributed by atoms with Crippen molar-refractivity contribution in [3.8, 4) is 5.75 Å². The average Bonchev–Trinajstić information content (AvgIpc) is 2.99. The van der Waals surface area contributed by atoms with Gasteiger partial charge in [0, 0.05) is 4.88 Å². The molecule has 2 rings (SSSR count). The molecule has 0 unspecified atom stereocenters. The maximum Gasteiger partial charge on any atom is 0.258 e. The van der Waals surface area contributed by atoms with Crippen LogP contribution in [0.25, 0.3) is 0 Å². The highest BCUT2D eigenvalue weighted by atomic mass is 32.1. The molecule has 110 valence electrons. The third-order valence-corrected chi connectivity index (χ3v) is 3.91. The highest BCUT2D eigenvalue weighted by Gasteiger charge is 2.13. The largest absolute Gasteiger partial charge is 0.483 e. The van der Waals surface area contributed by atoms with E-state index >= 15 is 0 Å². The van der Waals surface area contributed by atoms with Crippen molar-refractivity contribution >= 4 is 23.2 Å². The van der Waals surface area contributed by atoms with Gasteiger partial charge >= 0.3 is 0 Å². The van der Waals surface area contributed by atoms with Gasteiger partial charge in [0.1, 0.15) is 5.75 Å². The van der Waals surface area contributed by atoms with Gasteiger partial charge in [-0.2, -0.15) is 0 Å². The maximum atomic E-state index is 11.9. The van der Waals surface area contributed by atoms with Crippen molar-refractivity contribution in [2.45, 2.75) is 13.0 Å². The zero-order valence-electron chi connectivity index (χ0n) is 11.5. The summed E-state index contributed by atoms with van der Waals surface area (Å²) in [6.07, 6.45) is 0. The van der Waals surface area contributed by atoms with E-state index in [1.807, 2.05) is 24.4 Å². The van der Waals surface area contributed by atoms with Gasteiger partial charge in [0.2, 0.25) is 0 Å². The van der Waals surface area contributed by atoms with Crippen LogP contribution in [0.5, 0.6) is 5.75 Å². The fraction of sp³-hybridized carbons (Fsp3) is 0.200. The maximum absolute atomic E-state index is 11.9. The molecule has 0 saturated heterocycles. The highest BCUT2D eigenvalue weighted by molar-refractivity contribution is 7.10. The number of ether oxygens (including phenoxy) is 1. The predicted molar refractivity (Wildman–Crippen MR) is 81.3 cm³/mol. The summed E-state index contributed by atoms with van der Waals surface area (Å²) in [4.78, 5) is 24.2. The van der Waals surface area contributed by atoms with Crippen LogP contribution in [0.2, 0.25) is 0 Å². The van der Waals surface area contributed by atoms with E-state index < -0.39 is 5.91 Å². The normalized spacial score (nSPS) is 11.7. The van der Waals surface area contributed by atoms with Crippen molar-refractivity contribution < 1.29 is 14.3 Å². The third kappa shape index (κ3) is 4.06. The summed E-state index contributed by atoms with van der Waals surface area (Å²) in [6.45, 7) is 1.74. The van der Waals surface area contributed by atoms with Crippen LogP contribution in [-0.2, 0) is 4.79 Å². The molecule has 0 fully saturated rings. The molecule has 5 nitrogen and oxygen atoms in total. The van der Waals surface area contributed by atoms with Gasteiger partial charge in [-0.3, -0.25) is 9.59 Å². The molecule has 0 radical (unpaired) electrons. The van der Waals surface area contributed by atoms with Gasteiger partial charge in [0.25, 0.3) is 11.8 Å². The number of carbonyl (C=O) groups excluding carboxylic acids is 2. The van der Waals surface area contributed by atoms with E-state index in [9.17, 15) is 9.59 Å². The second-order valence-electron chi connectivity index (χ2n) is 4.45. The number of primary amides is 1. The summed E-state index contributed by atoms with van der Waals surface area (Å²) < 4.78 is 5.37. The molecular formula is C15H16N2O3S. The standard InChI is InChI=1S/C15H16N2O3S/c1-10(13-7-4-8-21-13)17-14(18)9-20-12-6-3-2-5-11(12)15(16)19/h2-8,10H,9H2,1H3,(H2,16,19)(H,17,18)/t10-/m0/s1. The fourth-order valence-corrected chi connectivity index (χ4v) is 2.57. The number of rotatable bonds is 6. The number of hydrogen-bond acceptors (Lipinski definition) is 4. The van der Waals surface area contributed by atoms with Crippen molar-refractivity contribution in [1.29, 1.82) is 0 Å². The number of thiophene rings is 1. The zero-order chi connectivity index (χ0) is 15.2. The van der Waals surface area contributed by atoms with E-state index in [4.69, 9.17) is 10.5 Å². The first-order valence-electron chi connectivity index (χ1n) is 6.42. The molecule has 0 saturated carbocycles. The average molecular weight is 304 g/mol. The number of amides is 2. The van der Waals surface area contributed by atoms with Gasteiger partial charge in [0.15, 0.2) is 6.61 Å². The lowest BCUT2D eigenvalue weighted by Crippen LogP contribution is -2.31. The second-order valence-corrected chi connectivity index (χ2v) is 5.43. The summed E-state index contributed by atoms with van der Waals surface area (Å²) in [5.74, 6) is -0.530. The first-order chi connectivity index (χ1) is 10.1. The van der Waals surface area contributed by atoms with Crippen LogP contribution < -0.4 is 15.8 Å². The predicted octanol–water partition coefficient (Wildman–Crippen LogP) is 2.10. The zero-order valence-corrected chi connectivity index (χ0v) is 12.4. The molecule has 0 aliphatic rings. The van der Waals surface area contributed by atoms with Gasteiger partial charge in [-0.25, -0.2) is 0 Å². The molecule has 0 aliphatic heterocycles. The molecule has 2 aromatic rings. The number of nitrogens with two attached hydrogens (primary N) is 1. The van der Waals surface area contributed by atoms with Crippen molar-refractivity contribution in [1.82, 2.24) is 5.32 Å². The van der Waals surface area contributed by atoms with Crippen LogP contribution in [0, 0.1) is 0 Å². The second kappa shape index (κ2) is 6.90. The molecule has 0 aliphatic carbocycles. The number of hydrogen-bond donors (Lipinski definition) is 2. The van der Waals surface area contributed by atoms with Crippen molar-refractivity contribution in [3.63, 3.8) is 0 Å². The minimum Gasteiger partial charge on any atom is -0.483 e.